The zero-order valence-electron chi connectivity index (χ0n) is 20.0. The van der Waals surface area contributed by atoms with Gasteiger partial charge in [-0.05, 0) is 72.3 Å². The van der Waals surface area contributed by atoms with Gasteiger partial charge >= 0.3 is 0 Å². The predicted molar refractivity (Wildman–Crippen MR) is 127 cm³/mol. The molecule has 3 nitrogen and oxygen atoms in total. The third kappa shape index (κ3) is 9.02. The Hall–Kier alpha value is -2.29. The van der Waals surface area contributed by atoms with Crippen molar-refractivity contribution in [2.24, 2.45) is 0 Å². The van der Waals surface area contributed by atoms with E-state index in [0.717, 1.165) is 32.1 Å². The van der Waals surface area contributed by atoms with Crippen LogP contribution in [0.15, 0.2) is 70.3 Å². The summed E-state index contributed by atoms with van der Waals surface area (Å²) in [5, 5.41) is 0. The molecule has 3 heteroatoms. The molecule has 1 aliphatic rings. The fourth-order valence-corrected chi connectivity index (χ4v) is 3.27. The number of ether oxygens (including phenoxy) is 2. The molecule has 1 atom stereocenters. The lowest BCUT2D eigenvalue weighted by Crippen LogP contribution is -2.16. The van der Waals surface area contributed by atoms with Gasteiger partial charge in [-0.15, -0.1) is 0 Å². The van der Waals surface area contributed by atoms with Crippen molar-refractivity contribution in [3.8, 4) is 0 Å². The molecule has 0 aromatic rings. The first-order valence-electron chi connectivity index (χ1n) is 11.1. The van der Waals surface area contributed by atoms with Crippen molar-refractivity contribution in [2.45, 2.75) is 86.2 Å². The lowest BCUT2D eigenvalue weighted by Gasteiger charge is -2.08. The van der Waals surface area contributed by atoms with Gasteiger partial charge in [0.05, 0.1) is 12.7 Å². The first-order chi connectivity index (χ1) is 14.3. The molecule has 0 fully saturated rings. The monoisotopic (exact) mass is 412 g/mol. The Morgan fingerprint density at radius 2 is 1.83 bits per heavy atom. The van der Waals surface area contributed by atoms with Crippen LogP contribution in [0, 0.1) is 0 Å². The second kappa shape index (κ2) is 13.8. The van der Waals surface area contributed by atoms with Gasteiger partial charge in [0.2, 0.25) is 5.78 Å². The minimum absolute atomic E-state index is 0.0247. The molecule has 0 N–H and O–H groups in total. The van der Waals surface area contributed by atoms with E-state index >= 15 is 0 Å². The van der Waals surface area contributed by atoms with E-state index in [9.17, 15) is 4.79 Å². The molecule has 0 aliphatic carbocycles. The number of hydrogen-bond donors (Lipinski definition) is 0. The minimum Gasteiger partial charge on any atom is -0.468 e. The van der Waals surface area contributed by atoms with Crippen molar-refractivity contribution in [1.82, 2.24) is 0 Å². The van der Waals surface area contributed by atoms with Crippen LogP contribution in [-0.4, -0.2) is 19.0 Å². The maximum absolute atomic E-state index is 12.4. The SMILES string of the molecule is CCC1=C(OC)O[C@H](/C=C(\C)CC/C=C(\CC)C/C=C/C(C)=C/CC=C(C)C)C1=O. The molecule has 1 aliphatic heterocycles. The summed E-state index contributed by atoms with van der Waals surface area (Å²) < 4.78 is 10.9. The molecule has 1 heterocycles. The first kappa shape index (κ1) is 25.7. The third-order valence-corrected chi connectivity index (χ3v) is 5.16. The minimum atomic E-state index is -0.534. The number of Topliss-reactive ketones (excluding diaryl/α,β-unsaturated/α-hetero) is 1. The van der Waals surface area contributed by atoms with E-state index in [2.05, 4.69) is 65.0 Å². The van der Waals surface area contributed by atoms with Crippen molar-refractivity contribution in [1.29, 1.82) is 0 Å². The molecule has 0 amide bonds. The standard InChI is InChI=1S/C27H40O3/c1-8-23(17-11-15-21(5)14-10-13-20(3)4)18-12-16-22(6)19-25-26(28)24(9-2)27(29-7)30-25/h11,13-15,18-19,25H,8-10,12,16-17H2,1-7H3/b15-11+,21-14+,22-19+,23-18+/t25-/m1/s1. The summed E-state index contributed by atoms with van der Waals surface area (Å²) in [5.41, 5.74) is 5.92. The smallest absolute Gasteiger partial charge is 0.287 e. The van der Waals surface area contributed by atoms with Crippen LogP contribution in [0.4, 0.5) is 0 Å². The van der Waals surface area contributed by atoms with Crippen molar-refractivity contribution in [3.05, 3.63) is 70.3 Å². The quantitative estimate of drug-likeness (QED) is 0.245. The Bertz CT molecular complexity index is 753. The van der Waals surface area contributed by atoms with Gasteiger partial charge in [-0.2, -0.15) is 0 Å². The Morgan fingerprint density at radius 3 is 2.40 bits per heavy atom. The number of carbonyl (C=O) groups excluding carboxylic acids is 1. The maximum atomic E-state index is 12.4. The largest absolute Gasteiger partial charge is 0.468 e. The van der Waals surface area contributed by atoms with Crippen LogP contribution in [0.5, 0.6) is 0 Å². The maximum Gasteiger partial charge on any atom is 0.287 e. The molecule has 0 aromatic heterocycles. The average Bonchev–Trinajstić information content (AvgIpc) is 3.00. The van der Waals surface area contributed by atoms with Gasteiger partial charge in [-0.1, -0.05) is 66.5 Å². The molecular weight excluding hydrogens is 372 g/mol. The summed E-state index contributed by atoms with van der Waals surface area (Å²) in [4.78, 5) is 12.4. The van der Waals surface area contributed by atoms with Gasteiger partial charge in [-0.3, -0.25) is 4.79 Å². The van der Waals surface area contributed by atoms with Gasteiger partial charge in [-0.25, -0.2) is 0 Å². The van der Waals surface area contributed by atoms with Crippen molar-refractivity contribution >= 4 is 5.78 Å². The fraction of sp³-hybridized carbons (Fsp3) is 0.519. The summed E-state index contributed by atoms with van der Waals surface area (Å²) in [5.74, 6) is 0.401. The second-order valence-electron chi connectivity index (χ2n) is 8.07. The Morgan fingerprint density at radius 1 is 1.10 bits per heavy atom. The van der Waals surface area contributed by atoms with Crippen LogP contribution >= 0.6 is 0 Å². The van der Waals surface area contributed by atoms with E-state index in [1.165, 1.54) is 22.3 Å². The molecule has 0 bridgehead atoms. The number of allylic oxidation sites excluding steroid dienone is 9. The van der Waals surface area contributed by atoms with Crippen LogP contribution in [-0.2, 0) is 14.3 Å². The lowest BCUT2D eigenvalue weighted by molar-refractivity contribution is -0.120. The van der Waals surface area contributed by atoms with Crippen LogP contribution in [0.3, 0.4) is 0 Å². The van der Waals surface area contributed by atoms with Crippen LogP contribution in [0.2, 0.25) is 0 Å². The fourth-order valence-electron chi connectivity index (χ4n) is 3.27. The van der Waals surface area contributed by atoms with E-state index in [1.54, 1.807) is 7.11 Å². The molecule has 30 heavy (non-hydrogen) atoms. The molecular formula is C27H40O3. The third-order valence-electron chi connectivity index (χ3n) is 5.16. The molecule has 0 radical (unpaired) electrons. The van der Waals surface area contributed by atoms with Gasteiger partial charge in [0.1, 0.15) is 0 Å². The molecule has 0 saturated heterocycles. The van der Waals surface area contributed by atoms with Gasteiger partial charge in [0.25, 0.3) is 5.95 Å². The molecule has 0 saturated carbocycles. The summed E-state index contributed by atoms with van der Waals surface area (Å²) in [6, 6.07) is 0. The Kier molecular flexibility index (Phi) is 11.9. The van der Waals surface area contributed by atoms with Crippen molar-refractivity contribution in [2.75, 3.05) is 7.11 Å². The van der Waals surface area contributed by atoms with Gasteiger partial charge in [0, 0.05) is 0 Å². The molecule has 0 spiro atoms. The van der Waals surface area contributed by atoms with E-state index in [-0.39, 0.29) is 5.78 Å². The number of rotatable bonds is 12. The van der Waals surface area contributed by atoms with E-state index in [4.69, 9.17) is 9.47 Å². The van der Waals surface area contributed by atoms with E-state index < -0.39 is 6.10 Å². The molecule has 1 rings (SSSR count). The molecule has 166 valence electrons. The van der Waals surface area contributed by atoms with E-state index in [1.807, 2.05) is 13.0 Å². The number of hydrogen-bond acceptors (Lipinski definition) is 3. The summed E-state index contributed by atoms with van der Waals surface area (Å²) in [7, 11) is 1.54. The van der Waals surface area contributed by atoms with Crippen LogP contribution in [0.1, 0.15) is 80.1 Å². The number of ketones is 1. The summed E-state index contributed by atoms with van der Waals surface area (Å²) >= 11 is 0. The lowest BCUT2D eigenvalue weighted by atomic mass is 10.0. The zero-order chi connectivity index (χ0) is 22.5. The van der Waals surface area contributed by atoms with Crippen LogP contribution < -0.4 is 0 Å². The number of carbonyl (C=O) groups is 1. The normalized spacial score (nSPS) is 18.3. The molecule has 0 unspecified atom stereocenters. The predicted octanol–water partition coefficient (Wildman–Crippen LogP) is 7.53. The van der Waals surface area contributed by atoms with Crippen LogP contribution in [0.25, 0.3) is 0 Å². The average molecular weight is 413 g/mol. The Labute approximate surface area is 183 Å². The van der Waals surface area contributed by atoms with Crippen molar-refractivity contribution < 1.29 is 14.3 Å². The first-order valence-corrected chi connectivity index (χ1v) is 11.1. The zero-order valence-corrected chi connectivity index (χ0v) is 20.0. The Balaban J connectivity index is 2.54. The highest BCUT2D eigenvalue weighted by Crippen LogP contribution is 2.26. The van der Waals surface area contributed by atoms with E-state index in [0.29, 0.717) is 17.9 Å². The highest BCUT2D eigenvalue weighted by atomic mass is 16.7. The second-order valence-corrected chi connectivity index (χ2v) is 8.07. The summed E-state index contributed by atoms with van der Waals surface area (Å²) in [6.45, 7) is 12.6. The number of methoxy groups -OCH3 is 1. The highest BCUT2D eigenvalue weighted by molar-refractivity contribution is 6.02. The van der Waals surface area contributed by atoms with Gasteiger partial charge < -0.3 is 9.47 Å². The summed E-state index contributed by atoms with van der Waals surface area (Å²) in [6.07, 6.45) is 18.3. The van der Waals surface area contributed by atoms with Crippen molar-refractivity contribution in [3.63, 3.8) is 0 Å². The van der Waals surface area contributed by atoms with Gasteiger partial charge in [0.15, 0.2) is 6.10 Å². The molecule has 0 aromatic carbocycles. The highest BCUT2D eigenvalue weighted by Gasteiger charge is 2.33. The topological polar surface area (TPSA) is 35.5 Å².